The Labute approximate surface area is 172 Å². The minimum Gasteiger partial charge on any atom is -0.342 e. The predicted octanol–water partition coefficient (Wildman–Crippen LogP) is 3.86. The SMILES string of the molecule is CN1CCC(C(=O)N2CCC[C@H](c3cccc(Cc4cccc(F)c4)n3)C2)CC1. The molecular formula is C24H30FN3O. The molecule has 5 heteroatoms. The van der Waals surface area contributed by atoms with Crippen LogP contribution in [0.2, 0.25) is 0 Å². The Morgan fingerprint density at radius 2 is 1.90 bits per heavy atom. The zero-order chi connectivity index (χ0) is 20.2. The van der Waals surface area contributed by atoms with Crippen molar-refractivity contribution in [3.8, 4) is 0 Å². The highest BCUT2D eigenvalue weighted by Gasteiger charge is 2.31. The fourth-order valence-electron chi connectivity index (χ4n) is 4.61. The van der Waals surface area contributed by atoms with Crippen molar-refractivity contribution in [2.24, 2.45) is 5.92 Å². The average Bonchev–Trinajstić information content (AvgIpc) is 2.74. The van der Waals surface area contributed by atoms with Gasteiger partial charge in [0.25, 0.3) is 0 Å². The molecule has 0 aliphatic carbocycles. The number of piperidine rings is 2. The quantitative estimate of drug-likeness (QED) is 0.789. The van der Waals surface area contributed by atoms with Crippen molar-refractivity contribution >= 4 is 5.91 Å². The van der Waals surface area contributed by atoms with Gasteiger partial charge in [-0.25, -0.2) is 4.39 Å². The maximum Gasteiger partial charge on any atom is 0.225 e. The van der Waals surface area contributed by atoms with E-state index in [4.69, 9.17) is 4.98 Å². The van der Waals surface area contributed by atoms with Crippen molar-refractivity contribution in [2.45, 2.75) is 38.0 Å². The van der Waals surface area contributed by atoms with Crippen LogP contribution < -0.4 is 0 Å². The van der Waals surface area contributed by atoms with E-state index >= 15 is 0 Å². The largest absolute Gasteiger partial charge is 0.342 e. The minimum absolute atomic E-state index is 0.178. The molecule has 0 unspecified atom stereocenters. The third-order valence-electron chi connectivity index (χ3n) is 6.32. The molecule has 3 heterocycles. The molecule has 2 aromatic rings. The summed E-state index contributed by atoms with van der Waals surface area (Å²) in [7, 11) is 2.13. The first kappa shape index (κ1) is 20.0. The van der Waals surface area contributed by atoms with E-state index in [0.29, 0.717) is 12.3 Å². The number of rotatable bonds is 4. The Morgan fingerprint density at radius 3 is 2.69 bits per heavy atom. The molecule has 4 rings (SSSR count). The Hall–Kier alpha value is -2.27. The third kappa shape index (κ3) is 5.02. The summed E-state index contributed by atoms with van der Waals surface area (Å²) >= 11 is 0. The number of amides is 1. The number of pyridine rings is 1. The van der Waals surface area contributed by atoms with Crippen molar-refractivity contribution < 1.29 is 9.18 Å². The summed E-state index contributed by atoms with van der Waals surface area (Å²) in [4.78, 5) is 22.3. The second-order valence-corrected chi connectivity index (χ2v) is 8.56. The Kier molecular flexibility index (Phi) is 6.24. The Bertz CT molecular complexity index is 848. The first-order valence-electron chi connectivity index (χ1n) is 10.8. The lowest BCUT2D eigenvalue weighted by Gasteiger charge is -2.37. The molecule has 1 aromatic heterocycles. The van der Waals surface area contributed by atoms with Crippen molar-refractivity contribution in [3.05, 3.63) is 65.2 Å². The van der Waals surface area contributed by atoms with Crippen LogP contribution in [0.25, 0.3) is 0 Å². The van der Waals surface area contributed by atoms with E-state index in [1.54, 1.807) is 12.1 Å². The maximum absolute atomic E-state index is 13.5. The van der Waals surface area contributed by atoms with Gasteiger partial charge in [0.05, 0.1) is 0 Å². The number of aromatic nitrogens is 1. The summed E-state index contributed by atoms with van der Waals surface area (Å²) in [5.41, 5.74) is 2.93. The number of carbonyl (C=O) groups excluding carboxylic acids is 1. The van der Waals surface area contributed by atoms with Crippen LogP contribution in [0.3, 0.4) is 0 Å². The van der Waals surface area contributed by atoms with Crippen LogP contribution in [0, 0.1) is 11.7 Å². The van der Waals surface area contributed by atoms with Gasteiger partial charge in [-0.2, -0.15) is 0 Å². The van der Waals surface area contributed by atoms with Gasteiger partial charge in [0.1, 0.15) is 5.82 Å². The summed E-state index contributed by atoms with van der Waals surface area (Å²) in [6, 6.07) is 12.8. The number of carbonyl (C=O) groups is 1. The lowest BCUT2D eigenvalue weighted by atomic mass is 9.90. The van der Waals surface area contributed by atoms with Crippen LogP contribution in [0.4, 0.5) is 4.39 Å². The summed E-state index contributed by atoms with van der Waals surface area (Å²) in [5.74, 6) is 0.580. The first-order valence-corrected chi connectivity index (χ1v) is 10.8. The standard InChI is InChI=1S/C24H30FN3O/c1-27-13-10-19(11-14-27)24(29)28-12-4-6-20(17-28)23-9-3-8-22(26-23)16-18-5-2-7-21(25)15-18/h2-3,5,7-9,15,19-20H,4,6,10-14,16-17H2,1H3/t20-/m0/s1. The molecule has 29 heavy (non-hydrogen) atoms. The smallest absolute Gasteiger partial charge is 0.225 e. The molecule has 2 aliphatic heterocycles. The van der Waals surface area contributed by atoms with Gasteiger partial charge in [-0.05, 0) is 75.6 Å². The molecule has 4 nitrogen and oxygen atoms in total. The molecule has 1 atom stereocenters. The van der Waals surface area contributed by atoms with E-state index in [1.807, 2.05) is 18.2 Å². The summed E-state index contributed by atoms with van der Waals surface area (Å²) in [6.45, 7) is 3.65. The van der Waals surface area contributed by atoms with Crippen LogP contribution in [0.5, 0.6) is 0 Å². The summed E-state index contributed by atoms with van der Waals surface area (Å²) in [5, 5.41) is 0. The predicted molar refractivity (Wildman–Crippen MR) is 112 cm³/mol. The van der Waals surface area contributed by atoms with Gasteiger partial charge in [-0.15, -0.1) is 0 Å². The first-order chi connectivity index (χ1) is 14.1. The highest BCUT2D eigenvalue weighted by Crippen LogP contribution is 2.28. The second-order valence-electron chi connectivity index (χ2n) is 8.56. The van der Waals surface area contributed by atoms with E-state index < -0.39 is 0 Å². The van der Waals surface area contributed by atoms with Crippen molar-refractivity contribution in [2.75, 3.05) is 33.2 Å². The molecule has 0 spiro atoms. The summed E-state index contributed by atoms with van der Waals surface area (Å²) in [6.07, 6.45) is 4.65. The zero-order valence-corrected chi connectivity index (χ0v) is 17.2. The molecule has 0 saturated carbocycles. The van der Waals surface area contributed by atoms with Crippen LogP contribution >= 0.6 is 0 Å². The Balaban J connectivity index is 1.42. The Morgan fingerprint density at radius 1 is 1.10 bits per heavy atom. The van der Waals surface area contributed by atoms with Gasteiger partial charge >= 0.3 is 0 Å². The second kappa shape index (κ2) is 9.04. The van der Waals surface area contributed by atoms with Gasteiger partial charge in [-0.3, -0.25) is 9.78 Å². The van der Waals surface area contributed by atoms with E-state index in [-0.39, 0.29) is 17.7 Å². The molecular weight excluding hydrogens is 365 g/mol. The normalized spacial score (nSPS) is 21.3. The number of hydrogen-bond acceptors (Lipinski definition) is 3. The molecule has 2 fully saturated rings. The highest BCUT2D eigenvalue weighted by atomic mass is 19.1. The third-order valence-corrected chi connectivity index (χ3v) is 6.32. The molecule has 0 N–H and O–H groups in total. The van der Waals surface area contributed by atoms with Gasteiger partial charge in [0.15, 0.2) is 0 Å². The van der Waals surface area contributed by atoms with E-state index in [9.17, 15) is 9.18 Å². The number of benzene rings is 1. The lowest BCUT2D eigenvalue weighted by Crippen LogP contribution is -2.45. The maximum atomic E-state index is 13.5. The molecule has 0 bridgehead atoms. The number of halogens is 1. The van der Waals surface area contributed by atoms with Gasteiger partial charge in [0.2, 0.25) is 5.91 Å². The topological polar surface area (TPSA) is 36.4 Å². The monoisotopic (exact) mass is 395 g/mol. The highest BCUT2D eigenvalue weighted by molar-refractivity contribution is 5.79. The van der Waals surface area contributed by atoms with Gasteiger partial charge < -0.3 is 9.80 Å². The molecule has 154 valence electrons. The van der Waals surface area contributed by atoms with Crippen LogP contribution in [-0.4, -0.2) is 53.9 Å². The van der Waals surface area contributed by atoms with E-state index in [1.165, 1.54) is 6.07 Å². The van der Waals surface area contributed by atoms with Crippen LogP contribution in [0.15, 0.2) is 42.5 Å². The fraction of sp³-hybridized carbons (Fsp3) is 0.500. The molecule has 1 amide bonds. The fourth-order valence-corrected chi connectivity index (χ4v) is 4.61. The molecule has 2 saturated heterocycles. The van der Waals surface area contributed by atoms with Gasteiger partial charge in [-0.1, -0.05) is 18.2 Å². The summed E-state index contributed by atoms with van der Waals surface area (Å²) < 4.78 is 13.5. The van der Waals surface area contributed by atoms with Crippen molar-refractivity contribution in [1.29, 1.82) is 0 Å². The number of likely N-dealkylation sites (tertiary alicyclic amines) is 2. The molecule has 2 aliphatic rings. The van der Waals surface area contributed by atoms with E-state index in [0.717, 1.165) is 68.8 Å². The van der Waals surface area contributed by atoms with Gasteiger partial charge in [0, 0.05) is 42.7 Å². The number of nitrogens with zero attached hydrogens (tertiary/aromatic N) is 3. The van der Waals surface area contributed by atoms with E-state index in [2.05, 4.69) is 22.9 Å². The van der Waals surface area contributed by atoms with Crippen LogP contribution in [-0.2, 0) is 11.2 Å². The lowest BCUT2D eigenvalue weighted by molar-refractivity contribution is -0.138. The number of hydrogen-bond donors (Lipinski definition) is 0. The zero-order valence-electron chi connectivity index (χ0n) is 17.2. The molecule has 1 aromatic carbocycles. The molecule has 0 radical (unpaired) electrons. The van der Waals surface area contributed by atoms with Crippen molar-refractivity contribution in [1.82, 2.24) is 14.8 Å². The van der Waals surface area contributed by atoms with Crippen molar-refractivity contribution in [3.63, 3.8) is 0 Å². The minimum atomic E-state index is -0.214. The average molecular weight is 396 g/mol. The van der Waals surface area contributed by atoms with Crippen LogP contribution in [0.1, 0.15) is 48.6 Å².